The van der Waals surface area contributed by atoms with Crippen LogP contribution in [-0.4, -0.2) is 15.4 Å². The third kappa shape index (κ3) is 4.19. The predicted octanol–water partition coefficient (Wildman–Crippen LogP) is 4.40. The van der Waals surface area contributed by atoms with Gasteiger partial charge in [-0.25, -0.2) is 4.98 Å². The molecule has 1 heterocycles. The molecule has 108 valence electrons. The number of rotatable bonds is 6. The van der Waals surface area contributed by atoms with Gasteiger partial charge in [0.15, 0.2) is 4.34 Å². The minimum absolute atomic E-state index is 0.444. The zero-order valence-electron chi connectivity index (χ0n) is 11.8. The van der Waals surface area contributed by atoms with Crippen molar-refractivity contribution in [1.82, 2.24) is 14.7 Å². The third-order valence-corrected chi connectivity index (χ3v) is 5.11. The second-order valence-electron chi connectivity index (χ2n) is 4.70. The maximum atomic E-state index is 6.34. The van der Waals surface area contributed by atoms with E-state index >= 15 is 0 Å². The van der Waals surface area contributed by atoms with Crippen molar-refractivity contribution in [2.45, 2.75) is 49.0 Å². The van der Waals surface area contributed by atoms with Crippen molar-refractivity contribution in [3.63, 3.8) is 0 Å². The zero-order chi connectivity index (χ0) is 14.5. The topological polar surface area (TPSA) is 37.8 Å². The van der Waals surface area contributed by atoms with Gasteiger partial charge in [0.2, 0.25) is 0 Å². The number of nitrogens with one attached hydrogen (secondary N) is 1. The molecular formula is C14H18ClN3S2. The van der Waals surface area contributed by atoms with Gasteiger partial charge in [-0.05, 0) is 23.2 Å². The van der Waals surface area contributed by atoms with Crippen molar-refractivity contribution >= 4 is 34.9 Å². The minimum atomic E-state index is 0.444. The highest BCUT2D eigenvalue weighted by Crippen LogP contribution is 2.36. The lowest BCUT2D eigenvalue weighted by Gasteiger charge is -2.12. The van der Waals surface area contributed by atoms with E-state index < -0.39 is 0 Å². The highest BCUT2D eigenvalue weighted by atomic mass is 35.5. The van der Waals surface area contributed by atoms with Crippen LogP contribution in [0, 0.1) is 0 Å². The smallest absolute Gasteiger partial charge is 0.174 e. The van der Waals surface area contributed by atoms with Gasteiger partial charge in [0.05, 0.1) is 5.02 Å². The monoisotopic (exact) mass is 327 g/mol. The first-order chi connectivity index (χ1) is 9.60. The van der Waals surface area contributed by atoms with E-state index in [0.717, 1.165) is 33.0 Å². The normalized spacial score (nSPS) is 11.2. The molecule has 0 atom stereocenters. The van der Waals surface area contributed by atoms with Crippen molar-refractivity contribution in [2.24, 2.45) is 0 Å². The van der Waals surface area contributed by atoms with Crippen molar-refractivity contribution < 1.29 is 0 Å². The Hall–Kier alpha value is -0.620. The average Bonchev–Trinajstić information content (AvgIpc) is 2.87. The van der Waals surface area contributed by atoms with Gasteiger partial charge in [0, 0.05) is 23.9 Å². The van der Waals surface area contributed by atoms with E-state index in [-0.39, 0.29) is 0 Å². The summed E-state index contributed by atoms with van der Waals surface area (Å²) in [5.41, 5.74) is 1.20. The molecule has 0 saturated carbocycles. The Morgan fingerprint density at radius 1 is 1.40 bits per heavy atom. The van der Waals surface area contributed by atoms with E-state index in [0.29, 0.717) is 6.04 Å². The summed E-state index contributed by atoms with van der Waals surface area (Å²) in [6.45, 7) is 7.13. The molecule has 0 saturated heterocycles. The molecule has 0 amide bonds. The quantitative estimate of drug-likeness (QED) is 0.853. The molecule has 0 bridgehead atoms. The summed E-state index contributed by atoms with van der Waals surface area (Å²) >= 11 is 9.38. The van der Waals surface area contributed by atoms with Gasteiger partial charge >= 0.3 is 0 Å². The molecule has 2 aromatic rings. The third-order valence-electron chi connectivity index (χ3n) is 2.70. The highest BCUT2D eigenvalue weighted by molar-refractivity contribution is 8.01. The molecule has 3 nitrogen and oxygen atoms in total. The van der Waals surface area contributed by atoms with Crippen molar-refractivity contribution in [3.05, 3.63) is 34.6 Å². The Morgan fingerprint density at radius 2 is 2.20 bits per heavy atom. The molecule has 6 heteroatoms. The maximum Gasteiger partial charge on any atom is 0.174 e. The van der Waals surface area contributed by atoms with E-state index in [1.54, 1.807) is 11.8 Å². The number of nitrogens with zero attached hydrogens (tertiary/aromatic N) is 2. The molecule has 0 radical (unpaired) electrons. The molecule has 1 aromatic carbocycles. The number of aromatic nitrogens is 2. The summed E-state index contributed by atoms with van der Waals surface area (Å²) in [7, 11) is 0. The number of hydrogen-bond donors (Lipinski definition) is 1. The van der Waals surface area contributed by atoms with Crippen LogP contribution in [0.3, 0.4) is 0 Å². The Morgan fingerprint density at radius 3 is 2.85 bits per heavy atom. The summed E-state index contributed by atoms with van der Waals surface area (Å²) in [6.07, 6.45) is 0.862. The number of hydrogen-bond acceptors (Lipinski definition) is 5. The maximum absolute atomic E-state index is 6.34. The lowest BCUT2D eigenvalue weighted by molar-refractivity contribution is 0.585. The van der Waals surface area contributed by atoms with Crippen LogP contribution in [-0.2, 0) is 13.0 Å². The van der Waals surface area contributed by atoms with Crippen LogP contribution in [0.4, 0.5) is 0 Å². The largest absolute Gasteiger partial charge is 0.310 e. The summed E-state index contributed by atoms with van der Waals surface area (Å²) in [6, 6.07) is 6.46. The number of halogens is 1. The molecular weight excluding hydrogens is 310 g/mol. The minimum Gasteiger partial charge on any atom is -0.310 e. The second-order valence-corrected chi connectivity index (χ2v) is 7.11. The Balaban J connectivity index is 2.20. The predicted molar refractivity (Wildman–Crippen MR) is 86.8 cm³/mol. The van der Waals surface area contributed by atoms with Gasteiger partial charge in [0.25, 0.3) is 0 Å². The van der Waals surface area contributed by atoms with Gasteiger partial charge in [0.1, 0.15) is 5.82 Å². The molecule has 0 aliphatic carbocycles. The standard InChI is InChI=1S/C14H18ClN3S2/c1-4-12-17-14(20-18-12)19-13-10(8-16-9(2)3)6-5-7-11(13)15/h5-7,9,16H,4,8H2,1-3H3. The summed E-state index contributed by atoms with van der Waals surface area (Å²) < 4.78 is 5.26. The zero-order valence-corrected chi connectivity index (χ0v) is 14.2. The molecule has 0 spiro atoms. The van der Waals surface area contributed by atoms with Gasteiger partial charge in [-0.3, -0.25) is 0 Å². The Kier molecular flexibility index (Phi) is 5.84. The number of benzene rings is 1. The fourth-order valence-corrected chi connectivity index (χ4v) is 3.71. The van der Waals surface area contributed by atoms with Crippen molar-refractivity contribution in [3.8, 4) is 0 Å². The Labute approximate surface area is 133 Å². The van der Waals surface area contributed by atoms with Gasteiger partial charge in [-0.1, -0.05) is 56.3 Å². The van der Waals surface area contributed by atoms with Crippen LogP contribution in [0.15, 0.2) is 27.4 Å². The number of aryl methyl sites for hydroxylation is 1. The van der Waals surface area contributed by atoms with Crippen LogP contribution in [0.25, 0.3) is 0 Å². The molecule has 0 aliphatic heterocycles. The van der Waals surface area contributed by atoms with Crippen LogP contribution >= 0.6 is 34.9 Å². The van der Waals surface area contributed by atoms with Crippen LogP contribution in [0.2, 0.25) is 5.02 Å². The van der Waals surface area contributed by atoms with Crippen molar-refractivity contribution in [2.75, 3.05) is 0 Å². The second kappa shape index (κ2) is 7.41. The fourth-order valence-electron chi connectivity index (χ4n) is 1.63. The molecule has 1 N–H and O–H groups in total. The van der Waals surface area contributed by atoms with Crippen molar-refractivity contribution in [1.29, 1.82) is 0 Å². The first-order valence-corrected chi connectivity index (χ1v) is 8.58. The van der Waals surface area contributed by atoms with E-state index in [4.69, 9.17) is 11.6 Å². The Bertz CT molecular complexity index is 569. The molecule has 20 heavy (non-hydrogen) atoms. The first kappa shape index (κ1) is 15.8. The van der Waals surface area contributed by atoms with Gasteiger partial charge < -0.3 is 5.32 Å². The van der Waals surface area contributed by atoms with E-state index in [1.807, 2.05) is 12.1 Å². The van der Waals surface area contributed by atoms with E-state index in [2.05, 4.69) is 41.5 Å². The highest BCUT2D eigenvalue weighted by Gasteiger charge is 2.12. The van der Waals surface area contributed by atoms with Gasteiger partial charge in [-0.2, -0.15) is 4.37 Å². The molecule has 1 aromatic heterocycles. The SMILES string of the molecule is CCc1nsc(Sc2c(Cl)cccc2CNC(C)C)n1. The first-order valence-electron chi connectivity index (χ1n) is 6.61. The summed E-state index contributed by atoms with van der Waals surface area (Å²) in [5.74, 6) is 0.895. The molecule has 0 fully saturated rings. The van der Waals surface area contributed by atoms with Crippen LogP contribution < -0.4 is 5.32 Å². The summed E-state index contributed by atoms with van der Waals surface area (Å²) in [5, 5.41) is 4.20. The summed E-state index contributed by atoms with van der Waals surface area (Å²) in [4.78, 5) is 5.56. The molecule has 0 unspecified atom stereocenters. The van der Waals surface area contributed by atoms with Crippen LogP contribution in [0.1, 0.15) is 32.2 Å². The molecule has 2 rings (SSSR count). The van der Waals surface area contributed by atoms with E-state index in [9.17, 15) is 0 Å². The average molecular weight is 328 g/mol. The fraction of sp³-hybridized carbons (Fsp3) is 0.429. The lowest BCUT2D eigenvalue weighted by Crippen LogP contribution is -2.22. The lowest BCUT2D eigenvalue weighted by atomic mass is 10.2. The molecule has 0 aliphatic rings. The van der Waals surface area contributed by atoms with Crippen LogP contribution in [0.5, 0.6) is 0 Å². The van der Waals surface area contributed by atoms with Gasteiger partial charge in [-0.15, -0.1) is 0 Å². The van der Waals surface area contributed by atoms with E-state index in [1.165, 1.54) is 17.1 Å².